The molecule has 2 N–H and O–H groups in total. The number of rotatable bonds is 8. The zero-order chi connectivity index (χ0) is 24.9. The number of nitro groups is 1. The zero-order valence-electron chi connectivity index (χ0n) is 19.4. The summed E-state index contributed by atoms with van der Waals surface area (Å²) in [4.78, 5) is 50.5. The number of ether oxygens (including phenoxy) is 2. The number of esters is 2. The first kappa shape index (κ1) is 25.7. The fourth-order valence-corrected chi connectivity index (χ4v) is 3.84. The summed E-state index contributed by atoms with van der Waals surface area (Å²) in [6.07, 6.45) is 1.44. The van der Waals surface area contributed by atoms with Crippen molar-refractivity contribution in [2.75, 3.05) is 20.3 Å². The lowest BCUT2D eigenvalue weighted by atomic mass is 9.82. The fourth-order valence-electron chi connectivity index (χ4n) is 3.84. The molecule has 2 atom stereocenters. The highest BCUT2D eigenvalue weighted by Gasteiger charge is 2.42. The molecule has 0 spiro atoms. The predicted octanol–water partition coefficient (Wildman–Crippen LogP) is 2.79. The van der Waals surface area contributed by atoms with E-state index in [4.69, 9.17) is 15.2 Å². The van der Waals surface area contributed by atoms with E-state index in [0.29, 0.717) is 17.0 Å². The molecule has 1 aliphatic rings. The molecule has 10 heteroatoms. The van der Waals surface area contributed by atoms with Crippen LogP contribution >= 0.6 is 0 Å². The van der Waals surface area contributed by atoms with Gasteiger partial charge in [-0.2, -0.15) is 0 Å². The highest BCUT2D eigenvalue weighted by atomic mass is 16.6. The molecule has 0 fully saturated rings. The third kappa shape index (κ3) is 5.28. The molecule has 1 aliphatic heterocycles. The number of allylic oxidation sites excluding steroid dienone is 3. The lowest BCUT2D eigenvalue weighted by molar-refractivity contribution is -0.384. The fraction of sp³-hybridized carbons (Fsp3) is 0.435. The molecule has 0 saturated carbocycles. The summed E-state index contributed by atoms with van der Waals surface area (Å²) < 4.78 is 9.96. The van der Waals surface area contributed by atoms with Crippen LogP contribution in [0.3, 0.4) is 0 Å². The molecule has 2 unspecified atom stereocenters. The SMILES string of the molecule is CCOC(=O)CC(C)(CN)C(=O)N1C(C)=CC(c2cccc([N+](=O)[O-])c2)C(C(=O)OC)=C1C. The smallest absolute Gasteiger partial charge is 0.336 e. The molecule has 1 aromatic carbocycles. The van der Waals surface area contributed by atoms with E-state index in [1.807, 2.05) is 0 Å². The predicted molar refractivity (Wildman–Crippen MR) is 120 cm³/mol. The number of amides is 1. The highest BCUT2D eigenvalue weighted by molar-refractivity contribution is 5.96. The van der Waals surface area contributed by atoms with Gasteiger partial charge in [0.2, 0.25) is 5.91 Å². The van der Waals surface area contributed by atoms with Gasteiger partial charge in [0, 0.05) is 36.0 Å². The lowest BCUT2D eigenvalue weighted by Crippen LogP contribution is -2.47. The number of non-ortho nitro benzene ring substituents is 1. The van der Waals surface area contributed by atoms with Crippen LogP contribution < -0.4 is 5.73 Å². The molecule has 178 valence electrons. The Bertz CT molecular complexity index is 1030. The Morgan fingerprint density at radius 1 is 1.27 bits per heavy atom. The quantitative estimate of drug-likeness (QED) is 0.355. The second-order valence-corrected chi connectivity index (χ2v) is 8.02. The molecular formula is C23H29N3O7. The van der Waals surface area contributed by atoms with Gasteiger partial charge in [0.25, 0.3) is 5.69 Å². The number of hydrogen-bond acceptors (Lipinski definition) is 8. The topological polar surface area (TPSA) is 142 Å². The number of benzene rings is 1. The Morgan fingerprint density at radius 3 is 2.48 bits per heavy atom. The largest absolute Gasteiger partial charge is 0.466 e. The van der Waals surface area contributed by atoms with Gasteiger partial charge in [0.05, 0.1) is 36.0 Å². The molecule has 0 radical (unpaired) electrons. The summed E-state index contributed by atoms with van der Waals surface area (Å²) in [5, 5.41) is 11.2. The van der Waals surface area contributed by atoms with Gasteiger partial charge in [-0.25, -0.2) is 4.79 Å². The highest BCUT2D eigenvalue weighted by Crippen LogP contribution is 2.40. The molecule has 0 bridgehead atoms. The summed E-state index contributed by atoms with van der Waals surface area (Å²) in [7, 11) is 1.22. The maximum Gasteiger partial charge on any atom is 0.336 e. The van der Waals surface area contributed by atoms with Crippen molar-refractivity contribution in [1.82, 2.24) is 4.90 Å². The average molecular weight is 459 g/mol. The van der Waals surface area contributed by atoms with E-state index in [2.05, 4.69) is 0 Å². The van der Waals surface area contributed by atoms with Gasteiger partial charge >= 0.3 is 11.9 Å². The van der Waals surface area contributed by atoms with Gasteiger partial charge < -0.3 is 15.2 Å². The first-order valence-corrected chi connectivity index (χ1v) is 10.4. The molecule has 10 nitrogen and oxygen atoms in total. The molecule has 1 aromatic rings. The Balaban J connectivity index is 2.58. The minimum Gasteiger partial charge on any atom is -0.466 e. The molecule has 1 amide bonds. The Morgan fingerprint density at radius 2 is 1.94 bits per heavy atom. The van der Waals surface area contributed by atoms with Crippen LogP contribution in [0.2, 0.25) is 0 Å². The molecule has 0 saturated heterocycles. The number of nitrogens with zero attached hydrogens (tertiary/aromatic N) is 2. The molecule has 1 heterocycles. The van der Waals surface area contributed by atoms with E-state index in [-0.39, 0.29) is 30.8 Å². The maximum absolute atomic E-state index is 13.6. The molecular weight excluding hydrogens is 430 g/mol. The van der Waals surface area contributed by atoms with Gasteiger partial charge in [-0.3, -0.25) is 24.6 Å². The van der Waals surface area contributed by atoms with E-state index in [1.165, 1.54) is 30.2 Å². The summed E-state index contributed by atoms with van der Waals surface area (Å²) >= 11 is 0. The van der Waals surface area contributed by atoms with E-state index in [1.54, 1.807) is 39.8 Å². The van der Waals surface area contributed by atoms with Gasteiger partial charge in [-0.15, -0.1) is 0 Å². The van der Waals surface area contributed by atoms with Crippen LogP contribution in [0.25, 0.3) is 0 Å². The van der Waals surface area contributed by atoms with E-state index < -0.39 is 34.1 Å². The van der Waals surface area contributed by atoms with Crippen molar-refractivity contribution in [1.29, 1.82) is 0 Å². The van der Waals surface area contributed by atoms with Crippen LogP contribution in [0.1, 0.15) is 45.6 Å². The van der Waals surface area contributed by atoms with Crippen molar-refractivity contribution >= 4 is 23.5 Å². The molecule has 0 aromatic heterocycles. The van der Waals surface area contributed by atoms with Crippen LogP contribution in [-0.2, 0) is 23.9 Å². The van der Waals surface area contributed by atoms with Crippen LogP contribution in [-0.4, -0.2) is 47.9 Å². The van der Waals surface area contributed by atoms with Crippen molar-refractivity contribution in [3.63, 3.8) is 0 Å². The summed E-state index contributed by atoms with van der Waals surface area (Å²) in [5.74, 6) is -2.37. The maximum atomic E-state index is 13.6. The summed E-state index contributed by atoms with van der Waals surface area (Å²) in [5.41, 5.74) is 5.94. The Hall–Kier alpha value is -3.53. The minimum atomic E-state index is -1.28. The number of nitro benzene ring substituents is 1. The van der Waals surface area contributed by atoms with E-state index in [0.717, 1.165) is 0 Å². The Labute approximate surface area is 192 Å². The van der Waals surface area contributed by atoms with Crippen molar-refractivity contribution in [2.45, 2.75) is 40.0 Å². The van der Waals surface area contributed by atoms with Crippen molar-refractivity contribution in [3.05, 3.63) is 63.0 Å². The number of nitrogens with two attached hydrogens (primary N) is 1. The lowest BCUT2D eigenvalue weighted by Gasteiger charge is -2.38. The summed E-state index contributed by atoms with van der Waals surface area (Å²) in [6.45, 7) is 6.56. The summed E-state index contributed by atoms with van der Waals surface area (Å²) in [6, 6.07) is 5.94. The van der Waals surface area contributed by atoms with Crippen molar-refractivity contribution < 1.29 is 28.8 Å². The van der Waals surface area contributed by atoms with Crippen molar-refractivity contribution in [2.24, 2.45) is 11.1 Å². The first-order chi connectivity index (χ1) is 15.5. The number of hydrogen-bond donors (Lipinski definition) is 1. The van der Waals surface area contributed by atoms with Gasteiger partial charge in [-0.1, -0.05) is 18.2 Å². The van der Waals surface area contributed by atoms with Gasteiger partial charge in [0.1, 0.15) is 0 Å². The van der Waals surface area contributed by atoms with E-state index >= 15 is 0 Å². The van der Waals surface area contributed by atoms with Crippen LogP contribution in [0.4, 0.5) is 5.69 Å². The van der Waals surface area contributed by atoms with Crippen molar-refractivity contribution in [3.8, 4) is 0 Å². The van der Waals surface area contributed by atoms with Crippen LogP contribution in [0.15, 0.2) is 47.3 Å². The van der Waals surface area contributed by atoms with Crippen LogP contribution in [0, 0.1) is 15.5 Å². The first-order valence-electron chi connectivity index (χ1n) is 10.4. The number of methoxy groups -OCH3 is 1. The average Bonchev–Trinajstić information content (AvgIpc) is 2.78. The van der Waals surface area contributed by atoms with Gasteiger partial charge in [-0.05, 0) is 33.3 Å². The standard InChI is InChI=1S/C23H29N3O7/c1-6-33-19(27)12-23(4,13-24)22(29)25-14(2)10-18(20(15(25)3)21(28)32-5)16-8-7-9-17(11-16)26(30)31/h7-11,18H,6,12-13,24H2,1-5H3. The second-order valence-electron chi connectivity index (χ2n) is 8.02. The minimum absolute atomic E-state index is 0.121. The Kier molecular flexibility index (Phi) is 8.10. The second kappa shape index (κ2) is 10.4. The van der Waals surface area contributed by atoms with Gasteiger partial charge in [0.15, 0.2) is 0 Å². The van der Waals surface area contributed by atoms with E-state index in [9.17, 15) is 24.5 Å². The number of carbonyl (C=O) groups is 3. The number of carbonyl (C=O) groups excluding carboxylic acids is 3. The monoisotopic (exact) mass is 459 g/mol. The molecule has 0 aliphatic carbocycles. The zero-order valence-corrected chi connectivity index (χ0v) is 19.4. The molecule has 33 heavy (non-hydrogen) atoms. The third-order valence-electron chi connectivity index (χ3n) is 5.65. The molecule has 2 rings (SSSR count). The normalized spacial score (nSPS) is 17.7. The third-order valence-corrected chi connectivity index (χ3v) is 5.65. The van der Waals surface area contributed by atoms with Crippen LogP contribution in [0.5, 0.6) is 0 Å².